The van der Waals surface area contributed by atoms with Crippen LogP contribution in [-0.2, 0) is 49.7 Å². The van der Waals surface area contributed by atoms with E-state index in [0.717, 1.165) is 62.5 Å². The van der Waals surface area contributed by atoms with E-state index in [9.17, 15) is 14.4 Å². The van der Waals surface area contributed by atoms with Crippen molar-refractivity contribution in [1.82, 2.24) is 30.3 Å². The first-order valence-electron chi connectivity index (χ1n) is 19.9. The van der Waals surface area contributed by atoms with Crippen LogP contribution in [0.25, 0.3) is 33.4 Å². The summed E-state index contributed by atoms with van der Waals surface area (Å²) in [5, 5.41) is 8.35. The van der Waals surface area contributed by atoms with Crippen LogP contribution < -0.4 is 15.5 Å². The number of carbonyl (C=O) groups is 3. The standard InChI is InChI=1S/C44H50N6O6S/c1-6-49-36-16-15-27-20-31(36)32(40(49)30-12-9-17-45-39(30)26(2)54-5)22-44(3,4)25-56-43(53)33-13-10-18-50(48-33)42(52)34(21-38-46-35(27)24-57-38)47-41(51)29-19-28-11-7-8-14-37(28)55-23-29/h7-9,11-12,14-17,20,24,26,29,33-34,48H,6,10,13,18-19,21-23,25H2,1-5H3,(H,47,51)/t26-,29-,33-,34-/m0/s1. The third kappa shape index (κ3) is 7.80. The van der Waals surface area contributed by atoms with E-state index in [-0.39, 0.29) is 37.6 Å². The minimum atomic E-state index is -0.924. The number of para-hydroxylation sites is 1. The maximum atomic E-state index is 14.3. The molecule has 3 aromatic heterocycles. The molecule has 0 unspecified atom stereocenters. The smallest absolute Gasteiger partial charge is 0.324 e. The second-order valence-corrected chi connectivity index (χ2v) is 17.0. The summed E-state index contributed by atoms with van der Waals surface area (Å²) in [5.74, 6) is -0.684. The highest BCUT2D eigenvalue weighted by Crippen LogP contribution is 2.42. The monoisotopic (exact) mass is 790 g/mol. The van der Waals surface area contributed by atoms with Gasteiger partial charge in [0.2, 0.25) is 5.91 Å². The van der Waals surface area contributed by atoms with Crippen molar-refractivity contribution >= 4 is 40.0 Å². The number of amides is 2. The summed E-state index contributed by atoms with van der Waals surface area (Å²) in [6.07, 6.45) is 4.00. The number of esters is 1. The SMILES string of the molecule is CCn1c(-c2cccnc2[C@H](C)OC)c2c3cc(ccc31)-c1csc(n1)C[C@H](NC(=O)[C@@H]1COc3ccccc3C1)C(=O)N1CCC[C@H](N1)C(=O)OCC(C)(C)C2. The Bertz CT molecular complexity index is 2320. The molecule has 5 aromatic rings. The molecule has 298 valence electrons. The lowest BCUT2D eigenvalue weighted by Crippen LogP contribution is -2.61. The van der Waals surface area contributed by atoms with Crippen molar-refractivity contribution in [3.8, 4) is 28.3 Å². The van der Waals surface area contributed by atoms with Gasteiger partial charge in [-0.15, -0.1) is 11.3 Å². The molecule has 57 heavy (non-hydrogen) atoms. The molecule has 13 heteroatoms. The zero-order valence-electron chi connectivity index (χ0n) is 33.2. The molecule has 2 amide bonds. The first kappa shape index (κ1) is 38.7. The Balaban J connectivity index is 1.20. The predicted octanol–water partition coefficient (Wildman–Crippen LogP) is 6.45. The number of nitrogens with zero attached hydrogens (tertiary/aromatic N) is 4. The van der Waals surface area contributed by atoms with Crippen LogP contribution in [0, 0.1) is 11.3 Å². The number of pyridine rings is 1. The molecular weight excluding hydrogens is 741 g/mol. The highest BCUT2D eigenvalue weighted by molar-refractivity contribution is 7.10. The van der Waals surface area contributed by atoms with Crippen LogP contribution in [0.4, 0.5) is 0 Å². The van der Waals surface area contributed by atoms with E-state index in [1.54, 1.807) is 13.3 Å². The minimum Gasteiger partial charge on any atom is -0.492 e. The number of aromatic nitrogens is 3. The number of benzene rings is 2. The number of cyclic esters (lactones) is 1. The van der Waals surface area contributed by atoms with Gasteiger partial charge in [-0.3, -0.25) is 24.4 Å². The lowest BCUT2D eigenvalue weighted by molar-refractivity contribution is -0.155. The largest absolute Gasteiger partial charge is 0.492 e. The number of aryl methyl sites for hydroxylation is 1. The first-order chi connectivity index (χ1) is 27.5. The van der Waals surface area contributed by atoms with Gasteiger partial charge in [-0.25, -0.2) is 10.4 Å². The van der Waals surface area contributed by atoms with Gasteiger partial charge in [-0.05, 0) is 81.0 Å². The summed E-state index contributed by atoms with van der Waals surface area (Å²) < 4.78 is 20.1. The molecule has 2 N–H and O–H groups in total. The average Bonchev–Trinajstić information content (AvgIpc) is 3.83. The molecule has 6 heterocycles. The normalized spacial score (nSPS) is 21.6. The number of hydrazine groups is 1. The first-order valence-corrected chi connectivity index (χ1v) is 20.7. The van der Waals surface area contributed by atoms with Gasteiger partial charge in [0, 0.05) is 65.6 Å². The Morgan fingerprint density at radius 3 is 2.79 bits per heavy atom. The maximum absolute atomic E-state index is 14.3. The number of rotatable bonds is 6. The Labute approximate surface area is 336 Å². The van der Waals surface area contributed by atoms with Gasteiger partial charge in [0.05, 0.1) is 40.7 Å². The van der Waals surface area contributed by atoms with Gasteiger partial charge in [0.1, 0.15) is 24.4 Å². The van der Waals surface area contributed by atoms with E-state index in [2.05, 4.69) is 60.3 Å². The molecule has 0 aliphatic carbocycles. The van der Waals surface area contributed by atoms with E-state index in [1.807, 2.05) is 42.6 Å². The number of nitrogens with one attached hydrogen (secondary N) is 2. The fourth-order valence-corrected chi connectivity index (χ4v) is 9.20. The molecule has 4 atom stereocenters. The molecular formula is C44H50N6O6S. The van der Waals surface area contributed by atoms with Crippen molar-refractivity contribution in [1.29, 1.82) is 0 Å². The Kier molecular flexibility index (Phi) is 10.9. The highest BCUT2D eigenvalue weighted by atomic mass is 32.1. The van der Waals surface area contributed by atoms with Gasteiger partial charge in [0.15, 0.2) is 0 Å². The van der Waals surface area contributed by atoms with Crippen molar-refractivity contribution in [3.63, 3.8) is 0 Å². The fourth-order valence-electron chi connectivity index (χ4n) is 8.35. The number of methoxy groups -OCH3 is 1. The van der Waals surface area contributed by atoms with E-state index in [1.165, 1.54) is 16.3 Å². The van der Waals surface area contributed by atoms with E-state index in [0.29, 0.717) is 37.2 Å². The summed E-state index contributed by atoms with van der Waals surface area (Å²) in [6, 6.07) is 16.6. The number of carbonyl (C=O) groups excluding carboxylic acids is 3. The van der Waals surface area contributed by atoms with Crippen molar-refractivity contribution < 1.29 is 28.6 Å². The summed E-state index contributed by atoms with van der Waals surface area (Å²) in [7, 11) is 1.70. The molecule has 0 radical (unpaired) electrons. The minimum absolute atomic E-state index is 0.172. The molecule has 6 bridgehead atoms. The average molecular weight is 791 g/mol. The van der Waals surface area contributed by atoms with Crippen LogP contribution in [0.3, 0.4) is 0 Å². The van der Waals surface area contributed by atoms with E-state index in [4.69, 9.17) is 24.2 Å². The van der Waals surface area contributed by atoms with E-state index < -0.39 is 29.4 Å². The Morgan fingerprint density at radius 2 is 1.96 bits per heavy atom. The van der Waals surface area contributed by atoms with Crippen molar-refractivity contribution in [2.24, 2.45) is 11.3 Å². The second kappa shape index (κ2) is 16.0. The van der Waals surface area contributed by atoms with Gasteiger partial charge >= 0.3 is 5.97 Å². The quantitative estimate of drug-likeness (QED) is 0.186. The van der Waals surface area contributed by atoms with Gasteiger partial charge < -0.3 is 24.1 Å². The molecule has 8 rings (SSSR count). The number of hydrogen-bond acceptors (Lipinski definition) is 10. The van der Waals surface area contributed by atoms with Crippen molar-refractivity contribution in [3.05, 3.63) is 88.0 Å². The van der Waals surface area contributed by atoms with Crippen LogP contribution in [0.15, 0.2) is 66.2 Å². The third-order valence-electron chi connectivity index (χ3n) is 11.4. The van der Waals surface area contributed by atoms with Crippen LogP contribution >= 0.6 is 11.3 Å². The van der Waals surface area contributed by atoms with E-state index >= 15 is 0 Å². The van der Waals surface area contributed by atoms with Crippen molar-refractivity contribution in [2.75, 3.05) is 26.9 Å². The summed E-state index contributed by atoms with van der Waals surface area (Å²) in [5.41, 5.74) is 10.5. The lowest BCUT2D eigenvalue weighted by Gasteiger charge is -2.36. The molecule has 2 aromatic carbocycles. The number of ether oxygens (including phenoxy) is 3. The number of thiazole rings is 1. The zero-order valence-corrected chi connectivity index (χ0v) is 34.0. The molecule has 0 spiro atoms. The van der Waals surface area contributed by atoms with Gasteiger partial charge in [-0.2, -0.15) is 0 Å². The second-order valence-electron chi connectivity index (χ2n) is 16.1. The van der Waals surface area contributed by atoms with Crippen LogP contribution in [0.1, 0.15) is 68.5 Å². The summed E-state index contributed by atoms with van der Waals surface area (Å²) in [6.45, 7) is 9.89. The summed E-state index contributed by atoms with van der Waals surface area (Å²) >= 11 is 1.46. The molecule has 0 saturated carbocycles. The van der Waals surface area contributed by atoms with Crippen LogP contribution in [0.2, 0.25) is 0 Å². The van der Waals surface area contributed by atoms with Gasteiger partial charge in [0.25, 0.3) is 5.91 Å². The molecule has 3 aliphatic rings. The van der Waals surface area contributed by atoms with Crippen LogP contribution in [0.5, 0.6) is 5.75 Å². The zero-order chi connectivity index (χ0) is 39.8. The summed E-state index contributed by atoms with van der Waals surface area (Å²) in [4.78, 5) is 51.8. The topological polar surface area (TPSA) is 137 Å². The molecule has 3 aliphatic heterocycles. The van der Waals surface area contributed by atoms with Crippen LogP contribution in [-0.4, -0.2) is 76.3 Å². The predicted molar refractivity (Wildman–Crippen MR) is 218 cm³/mol. The Morgan fingerprint density at radius 1 is 1.12 bits per heavy atom. The molecule has 12 nitrogen and oxygen atoms in total. The highest BCUT2D eigenvalue weighted by Gasteiger charge is 2.37. The number of hydrogen-bond donors (Lipinski definition) is 2. The van der Waals surface area contributed by atoms with Crippen molar-refractivity contribution in [2.45, 2.75) is 84.5 Å². The maximum Gasteiger partial charge on any atom is 0.324 e. The fraction of sp³-hybridized carbons (Fsp3) is 0.432. The molecule has 1 saturated heterocycles. The molecule has 1 fully saturated rings. The third-order valence-corrected chi connectivity index (χ3v) is 12.3. The number of fused-ring (bicyclic) bond motifs is 7. The Hall–Kier alpha value is -5.11. The van der Waals surface area contributed by atoms with Gasteiger partial charge in [-0.1, -0.05) is 38.1 Å². The lowest BCUT2D eigenvalue weighted by atomic mass is 9.84.